The van der Waals surface area contributed by atoms with Gasteiger partial charge in [-0.25, -0.2) is 0 Å². The molecule has 5 nitrogen and oxygen atoms in total. The quantitative estimate of drug-likeness (QED) is 0.785. The van der Waals surface area contributed by atoms with Crippen molar-refractivity contribution in [3.63, 3.8) is 0 Å². The second-order valence-electron chi connectivity index (χ2n) is 6.25. The number of likely N-dealkylation sites (N-methyl/N-ethyl adjacent to an activating group) is 1. The highest BCUT2D eigenvalue weighted by Crippen LogP contribution is 2.15. The van der Waals surface area contributed by atoms with Gasteiger partial charge in [0, 0.05) is 26.2 Å². The monoisotopic (exact) mass is 329 g/mol. The molecule has 5 heteroatoms. The van der Waals surface area contributed by atoms with Gasteiger partial charge in [0.15, 0.2) is 0 Å². The number of hydrogen-bond donors (Lipinski definition) is 0. The fraction of sp³-hybridized carbons (Fsp3) is 0.474. The second-order valence-corrected chi connectivity index (χ2v) is 6.25. The summed E-state index contributed by atoms with van der Waals surface area (Å²) in [7, 11) is 3.76. The first-order valence-corrected chi connectivity index (χ1v) is 8.31. The lowest BCUT2D eigenvalue weighted by molar-refractivity contribution is -0.130. The van der Waals surface area contributed by atoms with Crippen LogP contribution in [0.3, 0.4) is 0 Å². The number of rotatable bonds is 7. The van der Waals surface area contributed by atoms with Gasteiger partial charge in [0.25, 0.3) is 0 Å². The van der Waals surface area contributed by atoms with Crippen molar-refractivity contribution in [2.45, 2.75) is 33.6 Å². The average molecular weight is 329 g/mol. The van der Waals surface area contributed by atoms with Crippen molar-refractivity contribution in [2.75, 3.05) is 20.2 Å². The highest BCUT2D eigenvalue weighted by Gasteiger charge is 2.13. The highest BCUT2D eigenvalue weighted by molar-refractivity contribution is 5.76. The lowest BCUT2D eigenvalue weighted by Gasteiger charge is -2.17. The highest BCUT2D eigenvalue weighted by atomic mass is 16.5. The second kappa shape index (κ2) is 7.99. The minimum atomic E-state index is 0.130. The largest absolute Gasteiger partial charge is 0.492 e. The number of hydrogen-bond acceptors (Lipinski definition) is 3. The minimum Gasteiger partial charge on any atom is -0.492 e. The lowest BCUT2D eigenvalue weighted by Crippen LogP contribution is -2.31. The third kappa shape index (κ3) is 4.60. The zero-order valence-corrected chi connectivity index (χ0v) is 15.3. The Kier molecular flexibility index (Phi) is 6.01. The number of amides is 1. The molecule has 0 aliphatic rings. The van der Waals surface area contributed by atoms with E-state index in [0.29, 0.717) is 19.6 Å². The first-order valence-electron chi connectivity index (χ1n) is 8.31. The summed E-state index contributed by atoms with van der Waals surface area (Å²) in [6.07, 6.45) is 1.22. The molecule has 0 atom stereocenters. The van der Waals surface area contributed by atoms with Crippen molar-refractivity contribution in [2.24, 2.45) is 7.05 Å². The van der Waals surface area contributed by atoms with Crippen LogP contribution in [0.1, 0.15) is 28.9 Å². The SMILES string of the molecule is Cc1cccc(OCCN(C)C(=O)CCc2c(C)nn(C)c2C)c1. The van der Waals surface area contributed by atoms with Crippen LogP contribution in [0.4, 0.5) is 0 Å². The standard InChI is InChI=1S/C19H27N3O2/c1-14-7-6-8-17(13-14)24-12-11-21(4)19(23)10-9-18-15(2)20-22(5)16(18)3/h6-8,13H,9-12H2,1-5H3. The van der Waals surface area contributed by atoms with Crippen molar-refractivity contribution >= 4 is 5.91 Å². The summed E-state index contributed by atoms with van der Waals surface area (Å²) in [5.74, 6) is 0.975. The minimum absolute atomic E-state index is 0.130. The Morgan fingerprint density at radius 2 is 2.04 bits per heavy atom. The molecule has 0 saturated heterocycles. The van der Waals surface area contributed by atoms with Gasteiger partial charge in [-0.3, -0.25) is 9.48 Å². The zero-order chi connectivity index (χ0) is 17.7. The number of carbonyl (C=O) groups excluding carboxylic acids is 1. The predicted molar refractivity (Wildman–Crippen MR) is 95.3 cm³/mol. The maximum absolute atomic E-state index is 12.3. The van der Waals surface area contributed by atoms with Crippen molar-refractivity contribution in [3.05, 3.63) is 46.8 Å². The molecule has 0 radical (unpaired) electrons. The fourth-order valence-corrected chi connectivity index (χ4v) is 2.73. The summed E-state index contributed by atoms with van der Waals surface area (Å²) >= 11 is 0. The van der Waals surface area contributed by atoms with E-state index in [1.807, 2.05) is 63.8 Å². The average Bonchev–Trinajstić information content (AvgIpc) is 2.77. The molecule has 1 heterocycles. The van der Waals surface area contributed by atoms with Crippen LogP contribution in [-0.2, 0) is 18.3 Å². The van der Waals surface area contributed by atoms with Gasteiger partial charge in [-0.05, 0) is 50.5 Å². The molecule has 0 unspecified atom stereocenters. The number of nitrogens with zero attached hydrogens (tertiary/aromatic N) is 3. The fourth-order valence-electron chi connectivity index (χ4n) is 2.73. The third-order valence-corrected chi connectivity index (χ3v) is 4.36. The third-order valence-electron chi connectivity index (χ3n) is 4.36. The van der Waals surface area contributed by atoms with E-state index in [1.165, 1.54) is 11.1 Å². The zero-order valence-electron chi connectivity index (χ0n) is 15.3. The van der Waals surface area contributed by atoms with Gasteiger partial charge in [0.05, 0.1) is 12.2 Å². The van der Waals surface area contributed by atoms with Crippen molar-refractivity contribution in [1.29, 1.82) is 0 Å². The predicted octanol–water partition coefficient (Wildman–Crippen LogP) is 2.82. The van der Waals surface area contributed by atoms with Crippen molar-refractivity contribution in [1.82, 2.24) is 14.7 Å². The van der Waals surface area contributed by atoms with Crippen LogP contribution in [0.5, 0.6) is 5.75 Å². The number of aryl methyl sites for hydroxylation is 3. The molecule has 0 bridgehead atoms. The van der Waals surface area contributed by atoms with Crippen LogP contribution in [0.15, 0.2) is 24.3 Å². The summed E-state index contributed by atoms with van der Waals surface area (Å²) in [6.45, 7) is 7.14. The van der Waals surface area contributed by atoms with Gasteiger partial charge in [-0.2, -0.15) is 5.10 Å². The Bertz CT molecular complexity index is 707. The number of aromatic nitrogens is 2. The summed E-state index contributed by atoms with van der Waals surface area (Å²) < 4.78 is 7.57. The van der Waals surface area contributed by atoms with E-state index in [0.717, 1.165) is 23.6 Å². The van der Waals surface area contributed by atoms with Crippen LogP contribution < -0.4 is 4.74 Å². The van der Waals surface area contributed by atoms with Crippen LogP contribution in [-0.4, -0.2) is 40.8 Å². The van der Waals surface area contributed by atoms with Gasteiger partial charge < -0.3 is 9.64 Å². The Balaban J connectivity index is 1.78. The van der Waals surface area contributed by atoms with Gasteiger partial charge in [0.1, 0.15) is 12.4 Å². The summed E-state index contributed by atoms with van der Waals surface area (Å²) in [6, 6.07) is 7.93. The van der Waals surface area contributed by atoms with E-state index < -0.39 is 0 Å². The molecule has 0 saturated carbocycles. The normalized spacial score (nSPS) is 10.7. The molecular weight excluding hydrogens is 302 g/mol. The van der Waals surface area contributed by atoms with Crippen LogP contribution in [0.2, 0.25) is 0 Å². The van der Waals surface area contributed by atoms with E-state index in [4.69, 9.17) is 4.74 Å². The van der Waals surface area contributed by atoms with Crippen molar-refractivity contribution < 1.29 is 9.53 Å². The Morgan fingerprint density at radius 3 is 2.67 bits per heavy atom. The van der Waals surface area contributed by atoms with Gasteiger partial charge in [0.2, 0.25) is 5.91 Å². The Morgan fingerprint density at radius 1 is 1.29 bits per heavy atom. The van der Waals surface area contributed by atoms with Crippen LogP contribution >= 0.6 is 0 Å². The molecule has 130 valence electrons. The van der Waals surface area contributed by atoms with Gasteiger partial charge in [-0.15, -0.1) is 0 Å². The number of carbonyl (C=O) groups is 1. The molecular formula is C19H27N3O2. The topological polar surface area (TPSA) is 47.4 Å². The number of benzene rings is 1. The molecule has 2 aromatic rings. The molecule has 0 fully saturated rings. The Hall–Kier alpha value is -2.30. The molecule has 1 aromatic heterocycles. The van der Waals surface area contributed by atoms with Gasteiger partial charge in [-0.1, -0.05) is 12.1 Å². The maximum atomic E-state index is 12.3. The van der Waals surface area contributed by atoms with E-state index in [2.05, 4.69) is 5.10 Å². The van der Waals surface area contributed by atoms with E-state index >= 15 is 0 Å². The Labute approximate surface area is 144 Å². The summed E-state index contributed by atoms with van der Waals surface area (Å²) in [5.41, 5.74) is 4.48. The van der Waals surface area contributed by atoms with Gasteiger partial charge >= 0.3 is 0 Å². The lowest BCUT2D eigenvalue weighted by atomic mass is 10.1. The molecule has 0 spiro atoms. The summed E-state index contributed by atoms with van der Waals surface area (Å²) in [5, 5.41) is 4.40. The molecule has 0 aliphatic carbocycles. The maximum Gasteiger partial charge on any atom is 0.222 e. The van der Waals surface area contributed by atoms with Crippen LogP contribution in [0, 0.1) is 20.8 Å². The molecule has 1 amide bonds. The first kappa shape index (κ1) is 18.0. The molecule has 0 aliphatic heterocycles. The molecule has 24 heavy (non-hydrogen) atoms. The number of ether oxygens (including phenoxy) is 1. The summed E-state index contributed by atoms with van der Waals surface area (Å²) in [4.78, 5) is 14.0. The molecule has 2 rings (SSSR count). The van der Waals surface area contributed by atoms with Crippen LogP contribution in [0.25, 0.3) is 0 Å². The molecule has 0 N–H and O–H groups in total. The smallest absolute Gasteiger partial charge is 0.222 e. The van der Waals surface area contributed by atoms with E-state index in [-0.39, 0.29) is 5.91 Å². The molecule has 1 aromatic carbocycles. The van der Waals surface area contributed by atoms with E-state index in [1.54, 1.807) is 4.90 Å². The van der Waals surface area contributed by atoms with E-state index in [9.17, 15) is 4.79 Å². The first-order chi connectivity index (χ1) is 11.4. The van der Waals surface area contributed by atoms with Crippen molar-refractivity contribution in [3.8, 4) is 5.75 Å².